The Kier molecular flexibility index (Phi) is 4.98. The fourth-order valence-corrected chi connectivity index (χ4v) is 5.14. The van der Waals surface area contributed by atoms with Crippen molar-refractivity contribution < 1.29 is 9.90 Å². The minimum absolute atomic E-state index is 0.105. The highest BCUT2D eigenvalue weighted by Gasteiger charge is 2.36. The molecule has 0 bridgehead atoms. The van der Waals surface area contributed by atoms with Gasteiger partial charge in [0, 0.05) is 9.72 Å². The zero-order chi connectivity index (χ0) is 18.1. The van der Waals surface area contributed by atoms with E-state index < -0.39 is 12.0 Å². The van der Waals surface area contributed by atoms with E-state index in [0.29, 0.717) is 11.4 Å². The van der Waals surface area contributed by atoms with Crippen molar-refractivity contribution in [2.45, 2.75) is 31.3 Å². The second-order valence-corrected chi connectivity index (χ2v) is 8.08. The molecular formula is C21H20ClNO2S. The summed E-state index contributed by atoms with van der Waals surface area (Å²) in [4.78, 5) is 14.1. The highest BCUT2D eigenvalue weighted by Crippen LogP contribution is 2.40. The van der Waals surface area contributed by atoms with Crippen molar-refractivity contribution in [1.29, 1.82) is 0 Å². The molecule has 1 aromatic heterocycles. The molecule has 1 aliphatic rings. The number of aliphatic carboxylic acids is 1. The predicted molar refractivity (Wildman–Crippen MR) is 107 cm³/mol. The van der Waals surface area contributed by atoms with Gasteiger partial charge in [0.2, 0.25) is 0 Å². The molecule has 0 radical (unpaired) electrons. The lowest BCUT2D eigenvalue weighted by Gasteiger charge is -2.39. The van der Waals surface area contributed by atoms with Crippen molar-refractivity contribution in [2.75, 3.05) is 6.54 Å². The van der Waals surface area contributed by atoms with Gasteiger partial charge in [-0.1, -0.05) is 48.4 Å². The molecule has 4 rings (SSSR count). The Bertz CT molecular complexity index is 938. The highest BCUT2D eigenvalue weighted by molar-refractivity contribution is 7.17. The Hall–Kier alpha value is -1.88. The van der Waals surface area contributed by atoms with Crippen molar-refractivity contribution in [3.63, 3.8) is 0 Å². The quantitative estimate of drug-likeness (QED) is 0.637. The van der Waals surface area contributed by atoms with Crippen LogP contribution in [-0.2, 0) is 4.79 Å². The Labute approximate surface area is 161 Å². The van der Waals surface area contributed by atoms with Crippen LogP contribution in [0.5, 0.6) is 0 Å². The lowest BCUT2D eigenvalue weighted by atomic mass is 9.91. The summed E-state index contributed by atoms with van der Waals surface area (Å²) in [5.41, 5.74) is 2.22. The van der Waals surface area contributed by atoms with Crippen LogP contribution < -0.4 is 0 Å². The summed E-state index contributed by atoms with van der Waals surface area (Å²) in [6, 6.07) is 15.6. The third-order valence-electron chi connectivity index (χ3n) is 5.13. The first-order valence-corrected chi connectivity index (χ1v) is 10.1. The molecular weight excluding hydrogens is 366 g/mol. The SMILES string of the molecule is O=C(O)C1CCCCN1C(c1cccc(Cl)c1)c1csc2ccccc12. The molecule has 1 saturated heterocycles. The lowest BCUT2D eigenvalue weighted by molar-refractivity contribution is -0.145. The van der Waals surface area contributed by atoms with E-state index in [1.54, 1.807) is 11.3 Å². The van der Waals surface area contributed by atoms with Gasteiger partial charge in [-0.15, -0.1) is 11.3 Å². The van der Waals surface area contributed by atoms with Crippen molar-refractivity contribution in [1.82, 2.24) is 4.90 Å². The van der Waals surface area contributed by atoms with Crippen molar-refractivity contribution in [2.24, 2.45) is 0 Å². The largest absolute Gasteiger partial charge is 0.480 e. The minimum Gasteiger partial charge on any atom is -0.480 e. The number of halogens is 1. The average molecular weight is 386 g/mol. The Morgan fingerprint density at radius 2 is 2.04 bits per heavy atom. The number of thiophene rings is 1. The molecule has 134 valence electrons. The summed E-state index contributed by atoms with van der Waals surface area (Å²) >= 11 is 7.98. The second-order valence-electron chi connectivity index (χ2n) is 6.73. The highest BCUT2D eigenvalue weighted by atomic mass is 35.5. The average Bonchev–Trinajstić information content (AvgIpc) is 3.06. The van der Waals surface area contributed by atoms with E-state index in [2.05, 4.69) is 28.5 Å². The van der Waals surface area contributed by atoms with Crippen molar-refractivity contribution >= 4 is 39.0 Å². The summed E-state index contributed by atoms with van der Waals surface area (Å²) in [7, 11) is 0. The molecule has 3 aromatic rings. The van der Waals surface area contributed by atoms with Gasteiger partial charge in [0.05, 0.1) is 6.04 Å². The van der Waals surface area contributed by atoms with Gasteiger partial charge in [0.25, 0.3) is 0 Å². The third kappa shape index (κ3) is 3.25. The predicted octanol–water partition coefficient (Wildman–Crippen LogP) is 5.58. The number of rotatable bonds is 4. The summed E-state index contributed by atoms with van der Waals surface area (Å²) in [5.74, 6) is -0.740. The van der Waals surface area contributed by atoms with Crippen LogP contribution in [0.15, 0.2) is 53.9 Å². The van der Waals surface area contributed by atoms with Crippen LogP contribution in [-0.4, -0.2) is 28.6 Å². The van der Waals surface area contributed by atoms with Gasteiger partial charge >= 0.3 is 5.97 Å². The first kappa shape index (κ1) is 17.5. The summed E-state index contributed by atoms with van der Waals surface area (Å²) in [6.07, 6.45) is 2.66. The van der Waals surface area contributed by atoms with Crippen LogP contribution >= 0.6 is 22.9 Å². The van der Waals surface area contributed by atoms with Crippen LogP contribution in [0.1, 0.15) is 36.4 Å². The number of carboxylic acid groups (broad SMARTS) is 1. The molecule has 5 heteroatoms. The first-order valence-electron chi connectivity index (χ1n) is 8.85. The normalized spacial score (nSPS) is 19.5. The molecule has 2 heterocycles. The Morgan fingerprint density at radius 3 is 2.85 bits per heavy atom. The van der Waals surface area contributed by atoms with Crippen LogP contribution in [0.3, 0.4) is 0 Å². The lowest BCUT2D eigenvalue weighted by Crippen LogP contribution is -2.46. The summed E-state index contributed by atoms with van der Waals surface area (Å²) in [5, 5.41) is 13.8. The maximum Gasteiger partial charge on any atom is 0.320 e. The molecule has 1 N–H and O–H groups in total. The topological polar surface area (TPSA) is 40.5 Å². The van der Waals surface area contributed by atoms with Gasteiger partial charge in [0.1, 0.15) is 6.04 Å². The van der Waals surface area contributed by atoms with E-state index in [1.807, 2.05) is 30.3 Å². The van der Waals surface area contributed by atoms with Gasteiger partial charge < -0.3 is 5.11 Å². The molecule has 1 aliphatic heterocycles. The maximum absolute atomic E-state index is 11.9. The Balaban J connectivity index is 1.88. The number of benzene rings is 2. The van der Waals surface area contributed by atoms with Gasteiger partial charge in [-0.25, -0.2) is 0 Å². The molecule has 0 spiro atoms. The Morgan fingerprint density at radius 1 is 1.19 bits per heavy atom. The van der Waals surface area contributed by atoms with E-state index in [0.717, 1.165) is 24.9 Å². The number of likely N-dealkylation sites (tertiary alicyclic amines) is 1. The molecule has 2 aromatic carbocycles. The number of hydrogen-bond acceptors (Lipinski definition) is 3. The number of nitrogens with zero attached hydrogens (tertiary/aromatic N) is 1. The van der Waals surface area contributed by atoms with Gasteiger partial charge in [0.15, 0.2) is 0 Å². The van der Waals surface area contributed by atoms with Crippen LogP contribution in [0.4, 0.5) is 0 Å². The van der Waals surface area contributed by atoms with E-state index in [9.17, 15) is 9.90 Å². The third-order valence-corrected chi connectivity index (χ3v) is 6.35. The molecule has 1 fully saturated rings. The molecule has 2 unspecified atom stereocenters. The zero-order valence-electron chi connectivity index (χ0n) is 14.3. The number of piperidine rings is 1. The second kappa shape index (κ2) is 7.39. The fraction of sp³-hybridized carbons (Fsp3) is 0.286. The van der Waals surface area contributed by atoms with E-state index in [-0.39, 0.29) is 6.04 Å². The molecule has 0 amide bonds. The fourth-order valence-electron chi connectivity index (χ4n) is 3.96. The first-order chi connectivity index (χ1) is 12.6. The van der Waals surface area contributed by atoms with Crippen LogP contribution in [0.2, 0.25) is 5.02 Å². The molecule has 3 nitrogen and oxygen atoms in total. The monoisotopic (exact) mass is 385 g/mol. The smallest absolute Gasteiger partial charge is 0.320 e. The molecule has 2 atom stereocenters. The molecule has 26 heavy (non-hydrogen) atoms. The maximum atomic E-state index is 11.9. The van der Waals surface area contributed by atoms with Gasteiger partial charge in [-0.05, 0) is 59.5 Å². The van der Waals surface area contributed by atoms with E-state index in [4.69, 9.17) is 11.6 Å². The summed E-state index contributed by atoms with van der Waals surface area (Å²) < 4.78 is 1.22. The zero-order valence-corrected chi connectivity index (χ0v) is 15.8. The number of carboxylic acids is 1. The minimum atomic E-state index is -0.740. The van der Waals surface area contributed by atoms with Crippen LogP contribution in [0, 0.1) is 0 Å². The van der Waals surface area contributed by atoms with Crippen molar-refractivity contribution in [3.05, 3.63) is 70.1 Å². The molecule has 0 saturated carbocycles. The molecule has 0 aliphatic carbocycles. The number of carbonyl (C=O) groups is 1. The van der Waals surface area contributed by atoms with Crippen LogP contribution in [0.25, 0.3) is 10.1 Å². The van der Waals surface area contributed by atoms with E-state index >= 15 is 0 Å². The standard InChI is InChI=1S/C21H20ClNO2S/c22-15-7-5-6-14(12-15)20(23-11-4-3-9-18(23)21(24)25)17-13-26-19-10-2-1-8-16(17)19/h1-2,5-8,10,12-13,18,20H,3-4,9,11H2,(H,24,25). The van der Waals surface area contributed by atoms with E-state index in [1.165, 1.54) is 15.6 Å². The number of fused-ring (bicyclic) bond motifs is 1. The van der Waals surface area contributed by atoms with Crippen molar-refractivity contribution in [3.8, 4) is 0 Å². The van der Waals surface area contributed by atoms with Gasteiger partial charge in [-0.2, -0.15) is 0 Å². The number of hydrogen-bond donors (Lipinski definition) is 1. The summed E-state index contributed by atoms with van der Waals surface area (Å²) in [6.45, 7) is 0.776. The van der Waals surface area contributed by atoms with Gasteiger partial charge in [-0.3, -0.25) is 9.69 Å².